The Kier molecular flexibility index (Phi) is 3.85. The third kappa shape index (κ3) is 3.10. The average Bonchev–Trinajstić information content (AvgIpc) is 2.39. The van der Waals surface area contributed by atoms with E-state index in [1.165, 1.54) is 0 Å². The second kappa shape index (κ2) is 4.82. The van der Waals surface area contributed by atoms with Gasteiger partial charge in [0.1, 0.15) is 5.73 Å². The Morgan fingerprint density at radius 3 is 2.00 bits per heavy atom. The minimum absolute atomic E-state index is 0.109. The number of ether oxygens (including phenoxy) is 1. The maximum Gasteiger partial charge on any atom is 0.525 e. The van der Waals surface area contributed by atoms with E-state index in [0.29, 0.717) is 12.8 Å². The molecule has 114 valence electrons. The van der Waals surface area contributed by atoms with Crippen LogP contribution in [0, 0.1) is 0 Å². The van der Waals surface area contributed by atoms with Gasteiger partial charge in [0.25, 0.3) is 0 Å². The Hall–Kier alpha value is -0.385. The summed E-state index contributed by atoms with van der Waals surface area (Å²) in [5, 5.41) is 0. The van der Waals surface area contributed by atoms with Crippen LogP contribution in [-0.4, -0.2) is 30.0 Å². The molecule has 3 nitrogen and oxygen atoms in total. The smallest absolute Gasteiger partial charge is 0.398 e. The van der Waals surface area contributed by atoms with Gasteiger partial charge in [0, 0.05) is 0 Å². The summed E-state index contributed by atoms with van der Waals surface area (Å²) in [4.78, 5) is 0. The molecule has 2 rings (SSSR count). The lowest BCUT2D eigenvalue weighted by Crippen LogP contribution is -2.41. The molecule has 1 heterocycles. The lowest BCUT2D eigenvalue weighted by molar-refractivity contribution is -0.0759. The Morgan fingerprint density at radius 2 is 1.60 bits per heavy atom. The van der Waals surface area contributed by atoms with Gasteiger partial charge in [0.2, 0.25) is 0 Å². The zero-order valence-corrected chi connectivity index (χ0v) is 13.7. The van der Waals surface area contributed by atoms with Crippen molar-refractivity contribution in [2.45, 2.75) is 84.2 Å². The van der Waals surface area contributed by atoms with Gasteiger partial charge in [-0.05, 0) is 66.9 Å². The highest BCUT2D eigenvalue weighted by atomic mass is 19.1. The first-order valence-electron chi connectivity index (χ1n) is 7.32. The van der Waals surface area contributed by atoms with Crippen LogP contribution in [0.2, 0.25) is 0 Å². The Labute approximate surface area is 122 Å². The molecule has 1 aliphatic heterocycles. The molecule has 2 aliphatic rings. The van der Waals surface area contributed by atoms with E-state index in [-0.39, 0.29) is 17.4 Å². The van der Waals surface area contributed by atoms with E-state index in [9.17, 15) is 4.39 Å². The molecule has 0 atom stereocenters. The first kappa shape index (κ1) is 16.0. The molecule has 0 aromatic carbocycles. The minimum Gasteiger partial charge on any atom is -0.398 e. The van der Waals surface area contributed by atoms with Crippen LogP contribution >= 0.6 is 0 Å². The van der Waals surface area contributed by atoms with Crippen molar-refractivity contribution in [3.8, 4) is 0 Å². The fraction of sp³-hybridized carbons (Fsp3) is 0.867. The summed E-state index contributed by atoms with van der Waals surface area (Å²) in [6, 6.07) is 0. The quantitative estimate of drug-likeness (QED) is 0.721. The highest BCUT2D eigenvalue weighted by Gasteiger charge is 2.54. The molecule has 1 saturated heterocycles. The molecule has 1 aliphatic carbocycles. The third-order valence-electron chi connectivity index (χ3n) is 4.27. The van der Waals surface area contributed by atoms with Crippen LogP contribution in [0.25, 0.3) is 0 Å². The molecule has 0 aromatic heterocycles. The number of halogens is 1. The summed E-state index contributed by atoms with van der Waals surface area (Å²) in [6.45, 7) is 13.8. The van der Waals surface area contributed by atoms with Crippen molar-refractivity contribution in [3.05, 3.63) is 11.3 Å². The fourth-order valence-corrected chi connectivity index (χ4v) is 2.38. The summed E-state index contributed by atoms with van der Waals surface area (Å²) >= 11 is 0. The second-order valence-corrected chi connectivity index (χ2v) is 7.80. The molecule has 0 aromatic rings. The summed E-state index contributed by atoms with van der Waals surface area (Å²) in [7, 11) is -0.870. The van der Waals surface area contributed by atoms with Gasteiger partial charge in [-0.3, -0.25) is 0 Å². The van der Waals surface area contributed by atoms with Gasteiger partial charge in [0.05, 0.1) is 22.9 Å². The van der Waals surface area contributed by atoms with E-state index >= 15 is 0 Å². The normalized spacial score (nSPS) is 28.5. The zero-order valence-electron chi connectivity index (χ0n) is 13.7. The molecule has 0 N–H and O–H groups in total. The van der Waals surface area contributed by atoms with Crippen LogP contribution in [0.1, 0.15) is 61.3 Å². The van der Waals surface area contributed by atoms with Crippen molar-refractivity contribution in [2.24, 2.45) is 0 Å². The van der Waals surface area contributed by atoms with E-state index < -0.39 is 18.3 Å². The average molecular weight is 284 g/mol. The molecule has 5 heteroatoms. The first-order chi connectivity index (χ1) is 8.91. The van der Waals surface area contributed by atoms with Crippen molar-refractivity contribution < 1.29 is 18.4 Å². The predicted octanol–water partition coefficient (Wildman–Crippen LogP) is 3.82. The molecule has 0 radical (unpaired) electrons. The van der Waals surface area contributed by atoms with E-state index in [0.717, 1.165) is 5.57 Å². The van der Waals surface area contributed by atoms with Crippen LogP contribution in [-0.2, 0) is 14.0 Å². The van der Waals surface area contributed by atoms with Crippen molar-refractivity contribution in [1.82, 2.24) is 0 Å². The largest absolute Gasteiger partial charge is 0.525 e. The van der Waals surface area contributed by atoms with Crippen molar-refractivity contribution in [1.29, 1.82) is 0 Å². The molecule has 0 unspecified atom stereocenters. The Morgan fingerprint density at radius 1 is 1.15 bits per heavy atom. The maximum absolute atomic E-state index is 14.4. The van der Waals surface area contributed by atoms with Gasteiger partial charge >= 0.3 is 7.12 Å². The van der Waals surface area contributed by atoms with Crippen LogP contribution in [0.15, 0.2) is 11.3 Å². The fourth-order valence-electron chi connectivity index (χ4n) is 2.38. The molecular formula is C15H26BFO3. The Bertz CT molecular complexity index is 399. The summed E-state index contributed by atoms with van der Waals surface area (Å²) < 4.78 is 31.7. The van der Waals surface area contributed by atoms with Gasteiger partial charge in [-0.25, -0.2) is 4.39 Å². The van der Waals surface area contributed by atoms with Gasteiger partial charge in [-0.15, -0.1) is 0 Å². The first-order valence-corrected chi connectivity index (χ1v) is 7.32. The van der Waals surface area contributed by atoms with E-state index in [1.807, 2.05) is 48.5 Å². The van der Waals surface area contributed by atoms with Crippen LogP contribution in [0.4, 0.5) is 4.39 Å². The number of hydrogen-bond donors (Lipinski definition) is 0. The van der Waals surface area contributed by atoms with Crippen molar-refractivity contribution in [3.63, 3.8) is 0 Å². The minimum atomic E-state index is -0.870. The van der Waals surface area contributed by atoms with Crippen molar-refractivity contribution >= 4 is 7.12 Å². The topological polar surface area (TPSA) is 27.7 Å². The van der Waals surface area contributed by atoms with Gasteiger partial charge in [-0.2, -0.15) is 0 Å². The molecule has 2 fully saturated rings. The molecule has 0 spiro atoms. The highest BCUT2D eigenvalue weighted by molar-refractivity contribution is 6.53. The molecule has 1 saturated carbocycles. The summed E-state index contributed by atoms with van der Waals surface area (Å²) in [5.41, 5.74) is -0.687. The van der Waals surface area contributed by atoms with E-state index in [4.69, 9.17) is 14.0 Å². The maximum atomic E-state index is 14.4. The summed E-state index contributed by atoms with van der Waals surface area (Å²) in [6.07, 6.45) is 1.37. The second-order valence-electron chi connectivity index (χ2n) is 7.80. The molecular weight excluding hydrogens is 258 g/mol. The van der Waals surface area contributed by atoms with Gasteiger partial charge < -0.3 is 14.0 Å². The standard InChI is InChI=1S/C15H26BFO3/c1-13(2,3)18-11-8-10(9-11)12(17)16-19-14(4,5)15(6,7)20-16/h11H,8-9H2,1-7H3. The lowest BCUT2D eigenvalue weighted by atomic mass is 9.76. The molecule has 20 heavy (non-hydrogen) atoms. The van der Waals surface area contributed by atoms with Gasteiger partial charge in [0.15, 0.2) is 0 Å². The van der Waals surface area contributed by atoms with Crippen LogP contribution in [0.3, 0.4) is 0 Å². The zero-order chi connectivity index (χ0) is 15.3. The van der Waals surface area contributed by atoms with Crippen LogP contribution in [0.5, 0.6) is 0 Å². The monoisotopic (exact) mass is 284 g/mol. The molecule has 0 bridgehead atoms. The van der Waals surface area contributed by atoms with E-state index in [1.54, 1.807) is 0 Å². The predicted molar refractivity (Wildman–Crippen MR) is 78.1 cm³/mol. The molecule has 0 amide bonds. The highest BCUT2D eigenvalue weighted by Crippen LogP contribution is 2.42. The van der Waals surface area contributed by atoms with Crippen molar-refractivity contribution in [2.75, 3.05) is 0 Å². The van der Waals surface area contributed by atoms with Gasteiger partial charge in [-0.1, -0.05) is 0 Å². The third-order valence-corrected chi connectivity index (χ3v) is 4.27. The Balaban J connectivity index is 1.98. The lowest BCUT2D eigenvalue weighted by Gasteiger charge is -2.35. The van der Waals surface area contributed by atoms with E-state index in [2.05, 4.69) is 0 Å². The SMILES string of the molecule is CC(C)(C)OC1CC(=C(F)B2OC(C)(C)C(C)(C)O2)C1. The van der Waals surface area contributed by atoms with Crippen LogP contribution < -0.4 is 0 Å². The summed E-state index contributed by atoms with van der Waals surface area (Å²) in [5.74, 6) is 0. The number of hydrogen-bond acceptors (Lipinski definition) is 3. The number of rotatable bonds is 2.